The Hall–Kier alpha value is -2.81. The van der Waals surface area contributed by atoms with Gasteiger partial charge in [0.05, 0.1) is 5.75 Å². The van der Waals surface area contributed by atoms with Crippen LogP contribution in [-0.2, 0) is 32.0 Å². The maximum Gasteiger partial charge on any atom is 0.332 e. The number of imidazole rings is 1. The molecule has 148 valence electrons. The van der Waals surface area contributed by atoms with Gasteiger partial charge in [0.15, 0.2) is 16.3 Å². The van der Waals surface area contributed by atoms with Gasteiger partial charge in [-0.3, -0.25) is 18.7 Å². The Kier molecular flexibility index (Phi) is 6.03. The summed E-state index contributed by atoms with van der Waals surface area (Å²) >= 11 is 1.26. The molecule has 0 spiro atoms. The molecule has 28 heavy (non-hydrogen) atoms. The monoisotopic (exact) mass is 401 g/mol. The molecule has 2 heterocycles. The number of nitrogens with zero attached hydrogens (tertiary/aromatic N) is 4. The van der Waals surface area contributed by atoms with Gasteiger partial charge in [-0.2, -0.15) is 0 Å². The van der Waals surface area contributed by atoms with Crippen LogP contribution >= 0.6 is 11.8 Å². The molecule has 1 amide bonds. The zero-order valence-electron chi connectivity index (χ0n) is 16.1. The third kappa shape index (κ3) is 3.89. The second-order valence-corrected chi connectivity index (χ2v) is 7.42. The highest BCUT2D eigenvalue weighted by atomic mass is 32.2. The highest BCUT2D eigenvalue weighted by Crippen LogP contribution is 2.21. The Morgan fingerprint density at radius 3 is 2.54 bits per heavy atom. The number of carbonyl (C=O) groups is 1. The third-order valence-corrected chi connectivity index (χ3v) is 5.40. The second kappa shape index (κ2) is 8.47. The van der Waals surface area contributed by atoms with Crippen LogP contribution in [0.3, 0.4) is 0 Å². The van der Waals surface area contributed by atoms with Crippen molar-refractivity contribution in [1.29, 1.82) is 0 Å². The minimum atomic E-state index is -0.421. The summed E-state index contributed by atoms with van der Waals surface area (Å²) in [4.78, 5) is 41.5. The van der Waals surface area contributed by atoms with Crippen molar-refractivity contribution >= 4 is 28.8 Å². The number of thioether (sulfide) groups is 1. The van der Waals surface area contributed by atoms with E-state index in [1.165, 1.54) is 23.4 Å². The molecule has 9 heteroatoms. The lowest BCUT2D eigenvalue weighted by molar-refractivity contribution is -0.118. The molecule has 3 aromatic rings. The Morgan fingerprint density at radius 2 is 1.86 bits per heavy atom. The third-order valence-electron chi connectivity index (χ3n) is 4.43. The number of fused-ring (bicyclic) bond motifs is 1. The molecule has 0 bridgehead atoms. The summed E-state index contributed by atoms with van der Waals surface area (Å²) in [6.45, 7) is 3.04. The van der Waals surface area contributed by atoms with Gasteiger partial charge in [0, 0.05) is 27.2 Å². The minimum absolute atomic E-state index is 0.120. The van der Waals surface area contributed by atoms with Crippen molar-refractivity contribution in [3.8, 4) is 0 Å². The molecule has 0 aliphatic heterocycles. The first-order valence-electron chi connectivity index (χ1n) is 9.03. The number of benzene rings is 1. The average Bonchev–Trinajstić information content (AvgIpc) is 3.07. The fourth-order valence-electron chi connectivity index (χ4n) is 2.95. The van der Waals surface area contributed by atoms with Crippen LogP contribution in [0.1, 0.15) is 18.9 Å². The molecule has 2 aromatic heterocycles. The smallest absolute Gasteiger partial charge is 0.332 e. The molecule has 0 aliphatic carbocycles. The molecule has 0 aliphatic rings. The molecule has 1 aromatic carbocycles. The Labute approximate surface area is 166 Å². The number of rotatable bonds is 7. The largest absolute Gasteiger partial charge is 0.351 e. The Balaban J connectivity index is 1.82. The number of carbonyl (C=O) groups excluding carboxylic acids is 1. The second-order valence-electron chi connectivity index (χ2n) is 6.47. The van der Waals surface area contributed by atoms with E-state index in [1.807, 2.05) is 37.3 Å². The van der Waals surface area contributed by atoms with E-state index in [2.05, 4.69) is 10.3 Å². The van der Waals surface area contributed by atoms with Crippen LogP contribution in [0.4, 0.5) is 0 Å². The van der Waals surface area contributed by atoms with Crippen LogP contribution in [0.5, 0.6) is 0 Å². The van der Waals surface area contributed by atoms with Crippen molar-refractivity contribution in [3.63, 3.8) is 0 Å². The number of amides is 1. The quantitative estimate of drug-likeness (QED) is 0.602. The first-order valence-corrected chi connectivity index (χ1v) is 10.0. The number of hydrogen-bond acceptors (Lipinski definition) is 5. The lowest BCUT2D eigenvalue weighted by atomic mass is 10.2. The fourth-order valence-corrected chi connectivity index (χ4v) is 3.80. The summed E-state index contributed by atoms with van der Waals surface area (Å²) in [6.07, 6.45) is 0.797. The molecule has 0 unspecified atom stereocenters. The Bertz CT molecular complexity index is 1110. The number of aryl methyl sites for hydroxylation is 2. The molecule has 3 rings (SSSR count). The molecule has 0 radical (unpaired) electrons. The van der Waals surface area contributed by atoms with E-state index in [9.17, 15) is 14.4 Å². The van der Waals surface area contributed by atoms with Crippen molar-refractivity contribution in [3.05, 3.63) is 56.7 Å². The van der Waals surface area contributed by atoms with Crippen LogP contribution in [0, 0.1) is 0 Å². The summed E-state index contributed by atoms with van der Waals surface area (Å²) in [5.74, 6) is 0.0551. The van der Waals surface area contributed by atoms with Gasteiger partial charge in [-0.25, -0.2) is 9.78 Å². The lowest BCUT2D eigenvalue weighted by Gasteiger charge is -2.08. The van der Waals surface area contributed by atoms with Gasteiger partial charge < -0.3 is 9.88 Å². The van der Waals surface area contributed by atoms with E-state index >= 15 is 0 Å². The standard InChI is InChI=1S/C19H23N5O3S/c1-4-10-24-15-16(22(2)19(27)23(3)17(15)26)21-18(24)28-12-14(25)20-11-13-8-6-5-7-9-13/h5-9H,4,10-12H2,1-3H3,(H,20,25). The Morgan fingerprint density at radius 1 is 1.14 bits per heavy atom. The summed E-state index contributed by atoms with van der Waals surface area (Å²) in [5, 5.41) is 3.44. The summed E-state index contributed by atoms with van der Waals surface area (Å²) in [6, 6.07) is 9.67. The first-order chi connectivity index (χ1) is 13.4. The normalized spacial score (nSPS) is 11.1. The van der Waals surface area contributed by atoms with Crippen LogP contribution in [0.25, 0.3) is 11.2 Å². The van der Waals surface area contributed by atoms with Crippen LogP contribution < -0.4 is 16.6 Å². The summed E-state index contributed by atoms with van der Waals surface area (Å²) < 4.78 is 4.24. The van der Waals surface area contributed by atoms with Gasteiger partial charge in [0.25, 0.3) is 5.56 Å². The van der Waals surface area contributed by atoms with Gasteiger partial charge in [0.2, 0.25) is 5.91 Å². The molecule has 0 atom stereocenters. The molecule has 0 saturated heterocycles. The van der Waals surface area contributed by atoms with Crippen molar-refractivity contribution < 1.29 is 4.79 Å². The van der Waals surface area contributed by atoms with Gasteiger partial charge in [-0.1, -0.05) is 49.0 Å². The van der Waals surface area contributed by atoms with Crippen molar-refractivity contribution in [2.75, 3.05) is 5.75 Å². The molecular weight excluding hydrogens is 378 g/mol. The van der Waals surface area contributed by atoms with E-state index in [-0.39, 0.29) is 17.2 Å². The molecule has 0 saturated carbocycles. The average molecular weight is 401 g/mol. The van der Waals surface area contributed by atoms with Crippen molar-refractivity contribution in [1.82, 2.24) is 24.0 Å². The predicted octanol–water partition coefficient (Wildman–Crippen LogP) is 1.25. The highest BCUT2D eigenvalue weighted by Gasteiger charge is 2.19. The van der Waals surface area contributed by atoms with E-state index in [4.69, 9.17) is 0 Å². The summed E-state index contributed by atoms with van der Waals surface area (Å²) in [5.41, 5.74) is 0.959. The summed E-state index contributed by atoms with van der Waals surface area (Å²) in [7, 11) is 3.05. The van der Waals surface area contributed by atoms with Crippen molar-refractivity contribution in [2.24, 2.45) is 14.1 Å². The van der Waals surface area contributed by atoms with E-state index in [0.717, 1.165) is 16.6 Å². The maximum atomic E-state index is 12.6. The molecule has 0 fully saturated rings. The van der Waals surface area contributed by atoms with E-state index in [0.29, 0.717) is 29.4 Å². The van der Waals surface area contributed by atoms with Crippen LogP contribution in [0.15, 0.2) is 45.1 Å². The molecule has 1 N–H and O–H groups in total. The van der Waals surface area contributed by atoms with E-state index < -0.39 is 5.69 Å². The molecular formula is C19H23N5O3S. The number of nitrogens with one attached hydrogen (secondary N) is 1. The SMILES string of the molecule is CCCn1c(SCC(=O)NCc2ccccc2)nc2c1c(=O)n(C)c(=O)n2C. The van der Waals surface area contributed by atoms with Crippen molar-refractivity contribution in [2.45, 2.75) is 31.6 Å². The van der Waals surface area contributed by atoms with E-state index in [1.54, 1.807) is 11.6 Å². The molecule has 8 nitrogen and oxygen atoms in total. The zero-order valence-corrected chi connectivity index (χ0v) is 17.0. The van der Waals surface area contributed by atoms with Gasteiger partial charge >= 0.3 is 5.69 Å². The fraction of sp³-hybridized carbons (Fsp3) is 0.368. The first kappa shape index (κ1) is 19.9. The van der Waals surface area contributed by atoms with Gasteiger partial charge in [0.1, 0.15) is 0 Å². The van der Waals surface area contributed by atoms with Crippen LogP contribution in [0.2, 0.25) is 0 Å². The van der Waals surface area contributed by atoms with Gasteiger partial charge in [-0.15, -0.1) is 0 Å². The van der Waals surface area contributed by atoms with Gasteiger partial charge in [-0.05, 0) is 12.0 Å². The number of hydrogen-bond donors (Lipinski definition) is 1. The maximum absolute atomic E-state index is 12.6. The zero-order chi connectivity index (χ0) is 20.3. The van der Waals surface area contributed by atoms with Crippen LogP contribution in [-0.4, -0.2) is 30.3 Å². The minimum Gasteiger partial charge on any atom is -0.351 e. The highest BCUT2D eigenvalue weighted by molar-refractivity contribution is 7.99. The predicted molar refractivity (Wildman–Crippen MR) is 110 cm³/mol. The topological polar surface area (TPSA) is 90.9 Å². The lowest BCUT2D eigenvalue weighted by Crippen LogP contribution is -2.37. The number of aromatic nitrogens is 4.